The van der Waals surface area contributed by atoms with E-state index in [1.807, 2.05) is 0 Å². The van der Waals surface area contributed by atoms with Gasteiger partial charge in [-0.25, -0.2) is 9.97 Å². The lowest BCUT2D eigenvalue weighted by atomic mass is 10.3. The number of hydrogen-bond acceptors (Lipinski definition) is 6. The molecule has 2 heterocycles. The molecule has 0 aliphatic rings. The Bertz CT molecular complexity index is 516. The monoisotopic (exact) mass is 299 g/mol. The molecule has 0 spiro atoms. The summed E-state index contributed by atoms with van der Waals surface area (Å²) in [5.41, 5.74) is 2.14. The van der Waals surface area contributed by atoms with Gasteiger partial charge in [0.1, 0.15) is 5.01 Å². The third-order valence-corrected chi connectivity index (χ3v) is 4.96. The molecule has 2 aromatic rings. The van der Waals surface area contributed by atoms with Gasteiger partial charge in [-0.3, -0.25) is 0 Å². The summed E-state index contributed by atoms with van der Waals surface area (Å²) in [6.45, 7) is 6.30. The number of aromatic nitrogens is 2. The van der Waals surface area contributed by atoms with Crippen molar-refractivity contribution in [3.8, 4) is 10.6 Å². The average Bonchev–Trinajstić information content (AvgIpc) is 2.85. The zero-order chi connectivity index (χ0) is 13.1. The minimum atomic E-state index is 0.415. The Morgan fingerprint density at radius 2 is 2.17 bits per heavy atom. The molecule has 0 aliphatic carbocycles. The number of nitrogens with one attached hydrogen (secondary N) is 1. The van der Waals surface area contributed by atoms with Crippen LogP contribution in [0, 0.1) is 6.92 Å². The number of nitrogens with zero attached hydrogens (tertiary/aromatic N) is 2. The first kappa shape index (κ1) is 13.8. The van der Waals surface area contributed by atoms with E-state index in [0.717, 1.165) is 22.3 Å². The zero-order valence-electron chi connectivity index (χ0n) is 11.0. The summed E-state index contributed by atoms with van der Waals surface area (Å²) in [6, 6.07) is 0.415. The highest BCUT2D eigenvalue weighted by molar-refractivity contribution is 7.97. The molecule has 3 nitrogen and oxygen atoms in total. The molecule has 98 valence electrons. The Morgan fingerprint density at radius 3 is 2.83 bits per heavy atom. The van der Waals surface area contributed by atoms with Crippen LogP contribution in [0.4, 0.5) is 5.13 Å². The Kier molecular flexibility index (Phi) is 4.64. The van der Waals surface area contributed by atoms with Crippen molar-refractivity contribution in [1.29, 1.82) is 0 Å². The molecule has 0 aliphatic heterocycles. The molecule has 0 bridgehead atoms. The molecule has 1 N–H and O–H groups in total. The summed E-state index contributed by atoms with van der Waals surface area (Å²) in [5, 5.41) is 7.61. The number of rotatable bonds is 5. The third kappa shape index (κ3) is 3.24. The van der Waals surface area contributed by atoms with Gasteiger partial charge in [0.25, 0.3) is 0 Å². The fourth-order valence-electron chi connectivity index (χ4n) is 1.57. The van der Waals surface area contributed by atoms with E-state index in [0.29, 0.717) is 6.04 Å². The molecule has 2 aromatic heterocycles. The molecule has 2 rings (SSSR count). The molecule has 6 heteroatoms. The van der Waals surface area contributed by atoms with Crippen LogP contribution in [0.3, 0.4) is 0 Å². The van der Waals surface area contributed by atoms with E-state index in [-0.39, 0.29) is 0 Å². The lowest BCUT2D eigenvalue weighted by Gasteiger charge is -2.04. The van der Waals surface area contributed by atoms with Gasteiger partial charge >= 0.3 is 0 Å². The highest BCUT2D eigenvalue weighted by atomic mass is 32.2. The van der Waals surface area contributed by atoms with E-state index in [2.05, 4.69) is 47.7 Å². The van der Waals surface area contributed by atoms with E-state index in [4.69, 9.17) is 0 Å². The van der Waals surface area contributed by atoms with Gasteiger partial charge in [-0.15, -0.1) is 22.7 Å². The van der Waals surface area contributed by atoms with Crippen LogP contribution in [0.1, 0.15) is 24.5 Å². The molecule has 0 fully saturated rings. The Balaban J connectivity index is 2.22. The maximum atomic E-state index is 4.63. The van der Waals surface area contributed by atoms with Crippen molar-refractivity contribution in [2.45, 2.75) is 32.6 Å². The van der Waals surface area contributed by atoms with Gasteiger partial charge in [0.2, 0.25) is 0 Å². The molecule has 0 aromatic carbocycles. The number of thiazole rings is 2. The molecule has 0 amide bonds. The van der Waals surface area contributed by atoms with E-state index in [1.54, 1.807) is 34.4 Å². The van der Waals surface area contributed by atoms with Crippen LogP contribution < -0.4 is 5.32 Å². The second-order valence-electron chi connectivity index (χ2n) is 4.29. The first-order chi connectivity index (χ1) is 8.60. The molecule has 0 saturated carbocycles. The summed E-state index contributed by atoms with van der Waals surface area (Å²) in [4.78, 5) is 10.4. The minimum Gasteiger partial charge on any atom is -0.359 e. The summed E-state index contributed by atoms with van der Waals surface area (Å²) >= 11 is 5.21. The molecule has 0 radical (unpaired) electrons. The van der Waals surface area contributed by atoms with Crippen molar-refractivity contribution in [3.63, 3.8) is 0 Å². The minimum absolute atomic E-state index is 0.415. The topological polar surface area (TPSA) is 37.8 Å². The van der Waals surface area contributed by atoms with Gasteiger partial charge in [0, 0.05) is 17.2 Å². The van der Waals surface area contributed by atoms with E-state index in [1.165, 1.54) is 9.88 Å². The first-order valence-corrected chi connectivity index (χ1v) is 8.87. The summed E-state index contributed by atoms with van der Waals surface area (Å²) in [7, 11) is 0. The highest BCUT2D eigenvalue weighted by Crippen LogP contribution is 2.33. The van der Waals surface area contributed by atoms with Gasteiger partial charge < -0.3 is 5.32 Å². The second-order valence-corrected chi connectivity index (χ2v) is 7.10. The van der Waals surface area contributed by atoms with E-state index in [9.17, 15) is 0 Å². The number of hydrogen-bond donors (Lipinski definition) is 1. The summed E-state index contributed by atoms with van der Waals surface area (Å²) in [5.74, 6) is 0.979. The van der Waals surface area contributed by atoms with E-state index >= 15 is 0 Å². The maximum Gasteiger partial charge on any atom is 0.183 e. The standard InChI is InChI=1S/C12H17N3S3/c1-7(2)13-12-15-9(5-17-12)11-8(3)14-10(18-11)6-16-4/h5,7H,6H2,1-4H3,(H,13,15). The van der Waals surface area contributed by atoms with E-state index < -0.39 is 0 Å². The Labute approximate surface area is 120 Å². The number of aryl methyl sites for hydroxylation is 1. The molecule has 18 heavy (non-hydrogen) atoms. The van der Waals surface area contributed by atoms with Gasteiger partial charge in [-0.2, -0.15) is 11.8 Å². The SMILES string of the molecule is CSCc1nc(C)c(-c2csc(NC(C)C)n2)s1. The van der Waals surface area contributed by atoms with Crippen LogP contribution in [0.2, 0.25) is 0 Å². The normalized spacial score (nSPS) is 11.2. The highest BCUT2D eigenvalue weighted by Gasteiger charge is 2.13. The first-order valence-electron chi connectivity index (χ1n) is 5.78. The maximum absolute atomic E-state index is 4.63. The summed E-state index contributed by atoms with van der Waals surface area (Å²) in [6.07, 6.45) is 2.10. The second kappa shape index (κ2) is 6.04. The molecule has 0 unspecified atom stereocenters. The van der Waals surface area contributed by atoms with Crippen molar-refractivity contribution >= 4 is 39.6 Å². The quantitative estimate of drug-likeness (QED) is 0.895. The third-order valence-electron chi connectivity index (χ3n) is 2.26. The van der Waals surface area contributed by atoms with Crippen molar-refractivity contribution in [2.75, 3.05) is 11.6 Å². The lowest BCUT2D eigenvalue weighted by molar-refractivity contribution is 0.897. The number of anilines is 1. The summed E-state index contributed by atoms with van der Waals surface area (Å²) < 4.78 is 0. The average molecular weight is 299 g/mol. The smallest absolute Gasteiger partial charge is 0.183 e. The van der Waals surface area contributed by atoms with Crippen molar-refractivity contribution < 1.29 is 0 Å². The van der Waals surface area contributed by atoms with Crippen molar-refractivity contribution in [2.24, 2.45) is 0 Å². The van der Waals surface area contributed by atoms with Crippen molar-refractivity contribution in [3.05, 3.63) is 16.1 Å². The predicted molar refractivity (Wildman–Crippen MR) is 83.9 cm³/mol. The van der Waals surface area contributed by atoms with Crippen molar-refractivity contribution in [1.82, 2.24) is 9.97 Å². The predicted octanol–water partition coefficient (Wildman–Crippen LogP) is 4.26. The Morgan fingerprint density at radius 1 is 1.39 bits per heavy atom. The fraction of sp³-hybridized carbons (Fsp3) is 0.500. The Hall–Kier alpha value is -0.590. The van der Waals surface area contributed by atoms with Gasteiger partial charge in [0.15, 0.2) is 5.13 Å². The van der Waals surface area contributed by atoms with Crippen LogP contribution in [0.15, 0.2) is 5.38 Å². The molecular weight excluding hydrogens is 282 g/mol. The van der Waals surface area contributed by atoms with Crippen LogP contribution in [-0.2, 0) is 5.75 Å². The fourth-order valence-corrected chi connectivity index (χ4v) is 4.21. The molecule has 0 atom stereocenters. The van der Waals surface area contributed by atoms with Crippen LogP contribution in [0.25, 0.3) is 10.6 Å². The van der Waals surface area contributed by atoms with Gasteiger partial charge in [-0.1, -0.05) is 0 Å². The zero-order valence-corrected chi connectivity index (χ0v) is 13.4. The number of thioether (sulfide) groups is 1. The molecule has 0 saturated heterocycles. The largest absolute Gasteiger partial charge is 0.359 e. The van der Waals surface area contributed by atoms with Gasteiger partial charge in [0.05, 0.1) is 16.3 Å². The van der Waals surface area contributed by atoms with Gasteiger partial charge in [-0.05, 0) is 27.0 Å². The lowest BCUT2D eigenvalue weighted by Crippen LogP contribution is -2.08. The van der Waals surface area contributed by atoms with Crippen LogP contribution >= 0.6 is 34.4 Å². The molecular formula is C12H17N3S3. The van der Waals surface area contributed by atoms with Crippen LogP contribution in [-0.4, -0.2) is 22.3 Å². The van der Waals surface area contributed by atoms with Crippen LogP contribution in [0.5, 0.6) is 0 Å².